The van der Waals surface area contributed by atoms with Gasteiger partial charge in [0.2, 0.25) is 5.91 Å². The summed E-state index contributed by atoms with van der Waals surface area (Å²) in [5.74, 6) is -0.901. The standard InChI is InChI=1S/C23H28F3N3O3/c24-23(25,26)17-10-8-15(9-11-17)19-21(32)29(22(28-19)12-4-5-13-22)14-18(30)27-20(31)16-6-2-1-3-7-16/h8-11,16,20,31H,1-7,12-14H2,(H,27,30). The topological polar surface area (TPSA) is 82.0 Å². The van der Waals surface area contributed by atoms with E-state index < -0.39 is 35.4 Å². The molecule has 2 aliphatic carbocycles. The molecular formula is C23H28F3N3O3. The molecular weight excluding hydrogens is 423 g/mol. The van der Waals surface area contributed by atoms with Gasteiger partial charge in [-0.25, -0.2) is 0 Å². The highest BCUT2D eigenvalue weighted by molar-refractivity contribution is 6.47. The maximum absolute atomic E-state index is 13.2. The lowest BCUT2D eigenvalue weighted by atomic mass is 9.88. The molecule has 0 bridgehead atoms. The van der Waals surface area contributed by atoms with Crippen molar-refractivity contribution in [2.24, 2.45) is 10.9 Å². The molecule has 2 N–H and O–H groups in total. The van der Waals surface area contributed by atoms with E-state index in [1.165, 1.54) is 17.0 Å². The molecule has 2 saturated carbocycles. The van der Waals surface area contributed by atoms with E-state index in [0.717, 1.165) is 57.1 Å². The second-order valence-corrected chi connectivity index (χ2v) is 9.03. The summed E-state index contributed by atoms with van der Waals surface area (Å²) < 4.78 is 38.7. The summed E-state index contributed by atoms with van der Waals surface area (Å²) in [5.41, 5.74) is -1.25. The Morgan fingerprint density at radius 3 is 2.34 bits per heavy atom. The predicted molar refractivity (Wildman–Crippen MR) is 112 cm³/mol. The first-order chi connectivity index (χ1) is 15.2. The van der Waals surface area contributed by atoms with Gasteiger partial charge in [-0.1, -0.05) is 31.4 Å². The van der Waals surface area contributed by atoms with Gasteiger partial charge in [0, 0.05) is 11.5 Å². The Hall–Kier alpha value is -2.42. The smallest absolute Gasteiger partial charge is 0.373 e. The Morgan fingerprint density at radius 1 is 1.12 bits per heavy atom. The van der Waals surface area contributed by atoms with E-state index in [1.54, 1.807) is 0 Å². The van der Waals surface area contributed by atoms with Crippen molar-refractivity contribution in [1.82, 2.24) is 10.2 Å². The summed E-state index contributed by atoms with van der Waals surface area (Å²) in [6.45, 7) is -0.240. The number of carbonyl (C=O) groups is 2. The second-order valence-electron chi connectivity index (χ2n) is 9.03. The predicted octanol–water partition coefficient (Wildman–Crippen LogP) is 3.62. The molecule has 4 rings (SSSR count). The Balaban J connectivity index is 1.49. The largest absolute Gasteiger partial charge is 0.416 e. The first-order valence-corrected chi connectivity index (χ1v) is 11.3. The average molecular weight is 451 g/mol. The van der Waals surface area contributed by atoms with E-state index in [-0.39, 0.29) is 18.2 Å². The van der Waals surface area contributed by atoms with Gasteiger partial charge in [0.15, 0.2) is 0 Å². The van der Waals surface area contributed by atoms with Crippen LogP contribution in [0.15, 0.2) is 29.3 Å². The summed E-state index contributed by atoms with van der Waals surface area (Å²) in [6, 6.07) is 4.36. The summed E-state index contributed by atoms with van der Waals surface area (Å²) >= 11 is 0. The highest BCUT2D eigenvalue weighted by Gasteiger charge is 2.49. The third kappa shape index (κ3) is 4.53. The zero-order valence-electron chi connectivity index (χ0n) is 17.8. The molecule has 9 heteroatoms. The van der Waals surface area contributed by atoms with Crippen molar-refractivity contribution < 1.29 is 27.9 Å². The molecule has 0 radical (unpaired) electrons. The lowest BCUT2D eigenvalue weighted by Gasteiger charge is -2.33. The van der Waals surface area contributed by atoms with Gasteiger partial charge >= 0.3 is 6.18 Å². The van der Waals surface area contributed by atoms with Gasteiger partial charge in [0.05, 0.1) is 5.56 Å². The Bertz CT molecular complexity index is 886. The molecule has 1 unspecified atom stereocenters. The maximum Gasteiger partial charge on any atom is 0.416 e. The fourth-order valence-corrected chi connectivity index (χ4v) is 5.10. The number of amides is 2. The van der Waals surface area contributed by atoms with E-state index in [0.29, 0.717) is 18.4 Å². The van der Waals surface area contributed by atoms with Crippen molar-refractivity contribution in [1.29, 1.82) is 0 Å². The van der Waals surface area contributed by atoms with Crippen LogP contribution in [0.1, 0.15) is 68.9 Å². The molecule has 0 aromatic heterocycles. The summed E-state index contributed by atoms with van der Waals surface area (Å²) in [5, 5.41) is 13.0. The molecule has 1 heterocycles. The van der Waals surface area contributed by atoms with E-state index >= 15 is 0 Å². The van der Waals surface area contributed by atoms with Crippen molar-refractivity contribution in [3.05, 3.63) is 35.4 Å². The van der Waals surface area contributed by atoms with Gasteiger partial charge in [0.25, 0.3) is 5.91 Å². The molecule has 32 heavy (non-hydrogen) atoms. The van der Waals surface area contributed by atoms with E-state index in [1.807, 2.05) is 0 Å². The average Bonchev–Trinajstić information content (AvgIpc) is 3.34. The number of hydrogen-bond donors (Lipinski definition) is 2. The maximum atomic E-state index is 13.2. The van der Waals surface area contributed by atoms with Gasteiger partial charge in [-0.15, -0.1) is 0 Å². The van der Waals surface area contributed by atoms with Gasteiger partial charge < -0.3 is 15.3 Å². The van der Waals surface area contributed by atoms with Crippen molar-refractivity contribution in [3.63, 3.8) is 0 Å². The van der Waals surface area contributed by atoms with E-state index in [9.17, 15) is 27.9 Å². The van der Waals surface area contributed by atoms with Crippen LogP contribution in [0.3, 0.4) is 0 Å². The van der Waals surface area contributed by atoms with Crippen LogP contribution in [0.2, 0.25) is 0 Å². The number of aliphatic hydroxyl groups excluding tert-OH is 1. The Morgan fingerprint density at radius 2 is 1.75 bits per heavy atom. The van der Waals surface area contributed by atoms with Crippen LogP contribution in [0.5, 0.6) is 0 Å². The third-order valence-corrected chi connectivity index (χ3v) is 6.87. The van der Waals surface area contributed by atoms with Crippen molar-refractivity contribution in [2.75, 3.05) is 6.54 Å². The monoisotopic (exact) mass is 451 g/mol. The van der Waals surface area contributed by atoms with Gasteiger partial charge in [0.1, 0.15) is 24.1 Å². The number of nitrogens with zero attached hydrogens (tertiary/aromatic N) is 2. The summed E-state index contributed by atoms with van der Waals surface area (Å²) in [6.07, 6.45) is 2.37. The molecule has 1 aliphatic heterocycles. The normalized spacial score (nSPS) is 22.3. The van der Waals surface area contributed by atoms with Crippen LogP contribution in [0, 0.1) is 5.92 Å². The zero-order valence-corrected chi connectivity index (χ0v) is 17.8. The van der Waals surface area contributed by atoms with E-state index in [2.05, 4.69) is 10.3 Å². The SMILES string of the molecule is O=C(CN1C(=O)C(c2ccc(C(F)(F)F)cc2)=NC12CCCC2)NC(O)C1CCCCC1. The zero-order chi connectivity index (χ0) is 22.9. The number of benzene rings is 1. The van der Waals surface area contributed by atoms with E-state index in [4.69, 9.17) is 0 Å². The van der Waals surface area contributed by atoms with Crippen LogP contribution < -0.4 is 5.32 Å². The summed E-state index contributed by atoms with van der Waals surface area (Å²) in [4.78, 5) is 32.0. The number of rotatable bonds is 5. The highest BCUT2D eigenvalue weighted by atomic mass is 19.4. The lowest BCUT2D eigenvalue weighted by Crippen LogP contribution is -2.52. The minimum atomic E-state index is -4.46. The third-order valence-electron chi connectivity index (χ3n) is 6.87. The number of carbonyl (C=O) groups excluding carboxylic acids is 2. The number of hydrogen-bond acceptors (Lipinski definition) is 4. The fraction of sp³-hybridized carbons (Fsp3) is 0.609. The highest BCUT2D eigenvalue weighted by Crippen LogP contribution is 2.41. The Labute approximate surface area is 184 Å². The van der Waals surface area contributed by atoms with Gasteiger partial charge in [-0.3, -0.25) is 14.6 Å². The van der Waals surface area contributed by atoms with Crippen LogP contribution in [-0.2, 0) is 15.8 Å². The number of aliphatic imine (C=N–C) groups is 1. The van der Waals surface area contributed by atoms with Gasteiger partial charge in [-0.05, 0) is 50.7 Å². The molecule has 6 nitrogen and oxygen atoms in total. The van der Waals surface area contributed by atoms with Crippen LogP contribution in [0.4, 0.5) is 13.2 Å². The number of alkyl halides is 3. The van der Waals surface area contributed by atoms with Crippen molar-refractivity contribution in [3.8, 4) is 0 Å². The lowest BCUT2D eigenvalue weighted by molar-refractivity contribution is -0.137. The molecule has 3 aliphatic rings. The van der Waals surface area contributed by atoms with Crippen LogP contribution in [-0.4, -0.2) is 46.0 Å². The quantitative estimate of drug-likeness (QED) is 0.671. The Kier molecular flexibility index (Phi) is 6.29. The molecule has 1 aromatic rings. The number of aliphatic hydroxyl groups is 1. The molecule has 0 saturated heterocycles. The van der Waals surface area contributed by atoms with Crippen LogP contribution in [0.25, 0.3) is 0 Å². The number of nitrogens with one attached hydrogen (secondary N) is 1. The second kappa shape index (κ2) is 8.84. The minimum Gasteiger partial charge on any atom is -0.373 e. The first kappa shape index (κ1) is 22.8. The molecule has 1 spiro atoms. The summed E-state index contributed by atoms with van der Waals surface area (Å²) in [7, 11) is 0. The molecule has 2 fully saturated rings. The first-order valence-electron chi connectivity index (χ1n) is 11.3. The van der Waals surface area contributed by atoms with Gasteiger partial charge in [-0.2, -0.15) is 13.2 Å². The molecule has 174 valence electrons. The van der Waals surface area contributed by atoms with Crippen molar-refractivity contribution in [2.45, 2.75) is 75.9 Å². The molecule has 2 amide bonds. The van der Waals surface area contributed by atoms with Crippen molar-refractivity contribution >= 4 is 17.5 Å². The van der Waals surface area contributed by atoms with Crippen LogP contribution >= 0.6 is 0 Å². The fourth-order valence-electron chi connectivity index (χ4n) is 5.10. The number of halogens is 3. The molecule has 1 aromatic carbocycles. The molecule has 1 atom stereocenters. The minimum absolute atomic E-state index is 0.0152.